The summed E-state index contributed by atoms with van der Waals surface area (Å²) in [6.07, 6.45) is 0. The summed E-state index contributed by atoms with van der Waals surface area (Å²) in [5.41, 5.74) is 0.0602. The third-order valence-electron chi connectivity index (χ3n) is 2.80. The molecule has 5 heteroatoms. The highest BCUT2D eigenvalue weighted by Gasteiger charge is 2.18. The van der Waals surface area contributed by atoms with Crippen LogP contribution in [0.4, 0.5) is 5.69 Å². The summed E-state index contributed by atoms with van der Waals surface area (Å²) in [5.74, 6) is 0.229. The third-order valence-corrected chi connectivity index (χ3v) is 4.25. The second-order valence-corrected chi connectivity index (χ2v) is 6.01. The van der Waals surface area contributed by atoms with Crippen LogP contribution < -0.4 is 0 Å². The first-order valence-corrected chi connectivity index (χ1v) is 6.67. The molecule has 0 radical (unpaired) electrons. The maximum Gasteiger partial charge on any atom is 0.280 e. The van der Waals surface area contributed by atoms with Gasteiger partial charge in [0.05, 0.1) is 10.5 Å². The number of hydrogen-bond donors (Lipinski definition) is 0. The lowest BCUT2D eigenvalue weighted by Crippen LogP contribution is -2.06. The van der Waals surface area contributed by atoms with Crippen molar-refractivity contribution in [3.8, 4) is 0 Å². The molecule has 0 spiro atoms. The molecule has 0 aliphatic carbocycles. The normalized spacial score (nSPS) is 12.5. The summed E-state index contributed by atoms with van der Waals surface area (Å²) >= 11 is 1.63. The SMILES string of the molecule is CC(=O)c1cc(SC(C)C(C)C)ccc1[N+](=O)[O-]. The molecule has 1 aromatic carbocycles. The number of nitro benzene ring substituents is 1. The number of rotatable bonds is 5. The van der Waals surface area contributed by atoms with E-state index in [0.29, 0.717) is 11.2 Å². The molecule has 1 aromatic rings. The Morgan fingerprint density at radius 1 is 1.33 bits per heavy atom. The summed E-state index contributed by atoms with van der Waals surface area (Å²) in [6.45, 7) is 7.69. The van der Waals surface area contributed by atoms with E-state index < -0.39 is 4.92 Å². The Balaban J connectivity index is 3.08. The topological polar surface area (TPSA) is 60.2 Å². The van der Waals surface area contributed by atoms with Crippen molar-refractivity contribution in [1.82, 2.24) is 0 Å². The highest BCUT2D eigenvalue weighted by atomic mass is 32.2. The van der Waals surface area contributed by atoms with E-state index in [0.717, 1.165) is 4.90 Å². The zero-order valence-electron chi connectivity index (χ0n) is 11.0. The number of ketones is 1. The second-order valence-electron chi connectivity index (χ2n) is 4.56. The standard InChI is InChI=1S/C13H17NO3S/c1-8(2)10(4)18-11-5-6-13(14(16)17)12(7-11)9(3)15/h5-8,10H,1-4H3. The molecule has 1 atom stereocenters. The number of benzene rings is 1. The van der Waals surface area contributed by atoms with Gasteiger partial charge in [-0.25, -0.2) is 0 Å². The molecule has 0 amide bonds. The molecule has 1 unspecified atom stereocenters. The van der Waals surface area contributed by atoms with E-state index in [4.69, 9.17) is 0 Å². The summed E-state index contributed by atoms with van der Waals surface area (Å²) in [6, 6.07) is 4.73. The molecule has 98 valence electrons. The fourth-order valence-electron chi connectivity index (χ4n) is 1.38. The fourth-order valence-corrected chi connectivity index (χ4v) is 2.41. The Morgan fingerprint density at radius 2 is 1.94 bits per heavy atom. The minimum atomic E-state index is -0.517. The van der Waals surface area contributed by atoms with Crippen molar-refractivity contribution in [3.05, 3.63) is 33.9 Å². The predicted octanol–water partition coefficient (Wildman–Crippen LogP) is 3.93. The van der Waals surface area contributed by atoms with E-state index in [2.05, 4.69) is 20.8 Å². The Labute approximate surface area is 111 Å². The highest BCUT2D eigenvalue weighted by molar-refractivity contribution is 8.00. The van der Waals surface area contributed by atoms with Crippen LogP contribution in [0.25, 0.3) is 0 Å². The largest absolute Gasteiger partial charge is 0.294 e. The van der Waals surface area contributed by atoms with Gasteiger partial charge in [-0.15, -0.1) is 11.8 Å². The zero-order valence-corrected chi connectivity index (χ0v) is 11.8. The van der Waals surface area contributed by atoms with Gasteiger partial charge in [-0.2, -0.15) is 0 Å². The van der Waals surface area contributed by atoms with Gasteiger partial charge in [0.15, 0.2) is 5.78 Å². The molecular formula is C13H17NO3S. The smallest absolute Gasteiger partial charge is 0.280 e. The maximum atomic E-state index is 11.4. The second kappa shape index (κ2) is 6.00. The summed E-state index contributed by atoms with van der Waals surface area (Å²) in [7, 11) is 0. The first-order valence-electron chi connectivity index (χ1n) is 5.79. The van der Waals surface area contributed by atoms with Crippen LogP contribution in [-0.2, 0) is 0 Å². The van der Waals surface area contributed by atoms with Gasteiger partial charge in [-0.05, 0) is 25.0 Å². The Kier molecular flexibility index (Phi) is 4.90. The molecule has 0 bridgehead atoms. The van der Waals surface area contributed by atoms with Gasteiger partial charge in [0.2, 0.25) is 0 Å². The van der Waals surface area contributed by atoms with Crippen LogP contribution in [0.3, 0.4) is 0 Å². The van der Waals surface area contributed by atoms with Crippen LogP contribution in [0.2, 0.25) is 0 Å². The fraction of sp³-hybridized carbons (Fsp3) is 0.462. The van der Waals surface area contributed by atoms with Crippen LogP contribution in [0.5, 0.6) is 0 Å². The Morgan fingerprint density at radius 3 is 2.39 bits per heavy atom. The first-order chi connectivity index (χ1) is 8.32. The molecule has 0 saturated heterocycles. The van der Waals surface area contributed by atoms with E-state index in [9.17, 15) is 14.9 Å². The van der Waals surface area contributed by atoms with Gasteiger partial charge in [0.25, 0.3) is 5.69 Å². The van der Waals surface area contributed by atoms with Crippen LogP contribution in [-0.4, -0.2) is 16.0 Å². The zero-order chi connectivity index (χ0) is 13.9. The summed E-state index contributed by atoms with van der Waals surface area (Å²) < 4.78 is 0. The number of nitro groups is 1. The molecule has 0 fully saturated rings. The number of thioether (sulfide) groups is 1. The third kappa shape index (κ3) is 3.57. The minimum absolute atomic E-state index is 0.121. The molecule has 0 saturated carbocycles. The van der Waals surface area contributed by atoms with Crippen molar-refractivity contribution >= 4 is 23.2 Å². The van der Waals surface area contributed by atoms with E-state index in [1.54, 1.807) is 23.9 Å². The molecule has 0 N–H and O–H groups in total. The Bertz CT molecular complexity index is 471. The summed E-state index contributed by atoms with van der Waals surface area (Å²) in [5, 5.41) is 11.2. The molecule has 0 aliphatic rings. The van der Waals surface area contributed by atoms with Gasteiger partial charge in [0.1, 0.15) is 0 Å². The van der Waals surface area contributed by atoms with Gasteiger partial charge in [-0.3, -0.25) is 14.9 Å². The molecule has 0 aliphatic heterocycles. The lowest BCUT2D eigenvalue weighted by molar-refractivity contribution is -0.385. The average molecular weight is 267 g/mol. The van der Waals surface area contributed by atoms with E-state index in [1.165, 1.54) is 13.0 Å². The highest BCUT2D eigenvalue weighted by Crippen LogP contribution is 2.31. The van der Waals surface area contributed by atoms with Crippen LogP contribution in [0.15, 0.2) is 23.1 Å². The molecule has 4 nitrogen and oxygen atoms in total. The minimum Gasteiger partial charge on any atom is -0.294 e. The predicted molar refractivity (Wildman–Crippen MR) is 73.3 cm³/mol. The maximum absolute atomic E-state index is 11.4. The monoisotopic (exact) mass is 267 g/mol. The Hall–Kier alpha value is -1.36. The van der Waals surface area contributed by atoms with Gasteiger partial charge in [-0.1, -0.05) is 20.8 Å². The van der Waals surface area contributed by atoms with E-state index >= 15 is 0 Å². The number of hydrogen-bond acceptors (Lipinski definition) is 4. The number of Topliss-reactive ketones (excluding diaryl/α,β-unsaturated/α-hetero) is 1. The molecule has 0 heterocycles. The number of carbonyl (C=O) groups excluding carboxylic acids is 1. The van der Waals surface area contributed by atoms with E-state index in [-0.39, 0.29) is 17.0 Å². The van der Waals surface area contributed by atoms with Crippen molar-refractivity contribution in [3.63, 3.8) is 0 Å². The van der Waals surface area contributed by atoms with Gasteiger partial charge < -0.3 is 0 Å². The van der Waals surface area contributed by atoms with Crippen LogP contribution in [0.1, 0.15) is 38.1 Å². The summed E-state index contributed by atoms with van der Waals surface area (Å²) in [4.78, 5) is 22.6. The van der Waals surface area contributed by atoms with Crippen molar-refractivity contribution in [2.75, 3.05) is 0 Å². The quantitative estimate of drug-likeness (QED) is 0.351. The molecule has 1 rings (SSSR count). The lowest BCUT2D eigenvalue weighted by atomic mass is 10.1. The van der Waals surface area contributed by atoms with Gasteiger partial charge >= 0.3 is 0 Å². The number of carbonyl (C=O) groups is 1. The molecule has 18 heavy (non-hydrogen) atoms. The van der Waals surface area contributed by atoms with Crippen LogP contribution >= 0.6 is 11.8 Å². The van der Waals surface area contributed by atoms with Crippen molar-refractivity contribution in [2.45, 2.75) is 37.8 Å². The molecule has 0 aromatic heterocycles. The number of nitrogens with zero attached hydrogens (tertiary/aromatic N) is 1. The van der Waals surface area contributed by atoms with Crippen molar-refractivity contribution in [1.29, 1.82) is 0 Å². The van der Waals surface area contributed by atoms with Crippen molar-refractivity contribution in [2.24, 2.45) is 5.92 Å². The first kappa shape index (κ1) is 14.7. The average Bonchev–Trinajstić information content (AvgIpc) is 2.28. The molecular weight excluding hydrogens is 250 g/mol. The van der Waals surface area contributed by atoms with Gasteiger partial charge in [0, 0.05) is 16.2 Å². The van der Waals surface area contributed by atoms with Crippen molar-refractivity contribution < 1.29 is 9.72 Å². The van der Waals surface area contributed by atoms with E-state index in [1.807, 2.05) is 0 Å². The lowest BCUT2D eigenvalue weighted by Gasteiger charge is -2.15. The van der Waals surface area contributed by atoms with Crippen LogP contribution in [0, 0.1) is 16.0 Å².